The van der Waals surface area contributed by atoms with Gasteiger partial charge in [0, 0.05) is 27.3 Å². The minimum Gasteiger partial charge on any atom is -0.481 e. The maximum Gasteiger partial charge on any atom is 0.317 e. The van der Waals surface area contributed by atoms with Crippen molar-refractivity contribution in [3.63, 3.8) is 0 Å². The summed E-state index contributed by atoms with van der Waals surface area (Å²) in [5.41, 5.74) is 0. The molecule has 0 saturated carbocycles. The summed E-state index contributed by atoms with van der Waals surface area (Å²) in [4.78, 5) is 24.9. The molecule has 3 atom stereocenters. The van der Waals surface area contributed by atoms with Gasteiger partial charge in [0.05, 0.1) is 32.0 Å². The third-order valence-corrected chi connectivity index (χ3v) is 3.54. The van der Waals surface area contributed by atoms with Crippen molar-refractivity contribution in [2.75, 3.05) is 47.1 Å². The zero-order chi connectivity index (χ0) is 15.8. The van der Waals surface area contributed by atoms with E-state index in [1.54, 1.807) is 21.1 Å². The summed E-state index contributed by atoms with van der Waals surface area (Å²) >= 11 is 0. The molecule has 2 N–H and O–H groups in total. The molecule has 1 fully saturated rings. The van der Waals surface area contributed by atoms with Gasteiger partial charge in [0.25, 0.3) is 0 Å². The normalized spacial score (nSPS) is 22.8. The van der Waals surface area contributed by atoms with E-state index >= 15 is 0 Å². The largest absolute Gasteiger partial charge is 0.481 e. The molecule has 122 valence electrons. The van der Waals surface area contributed by atoms with Gasteiger partial charge in [-0.15, -0.1) is 0 Å². The second-order valence-electron chi connectivity index (χ2n) is 4.83. The fourth-order valence-corrected chi connectivity index (χ4v) is 2.31. The molecule has 0 aliphatic carbocycles. The number of ether oxygens (including phenoxy) is 3. The van der Waals surface area contributed by atoms with Gasteiger partial charge < -0.3 is 29.5 Å². The van der Waals surface area contributed by atoms with Crippen LogP contribution in [0.15, 0.2) is 0 Å². The van der Waals surface area contributed by atoms with Gasteiger partial charge in [-0.25, -0.2) is 4.79 Å². The molecule has 3 unspecified atom stereocenters. The number of nitrogens with zero attached hydrogens (tertiary/aromatic N) is 1. The number of urea groups is 1. The van der Waals surface area contributed by atoms with Crippen LogP contribution in [0.3, 0.4) is 0 Å². The van der Waals surface area contributed by atoms with Crippen LogP contribution in [0.4, 0.5) is 4.79 Å². The molecule has 0 aromatic heterocycles. The van der Waals surface area contributed by atoms with Gasteiger partial charge >= 0.3 is 12.0 Å². The highest BCUT2D eigenvalue weighted by Gasteiger charge is 2.39. The van der Waals surface area contributed by atoms with Gasteiger partial charge in [-0.05, 0) is 6.92 Å². The summed E-state index contributed by atoms with van der Waals surface area (Å²) in [7, 11) is 3.10. The number of carboxylic acid groups (broad SMARTS) is 1. The number of amides is 2. The highest BCUT2D eigenvalue weighted by atomic mass is 16.5. The monoisotopic (exact) mass is 304 g/mol. The van der Waals surface area contributed by atoms with Crippen LogP contribution in [0.25, 0.3) is 0 Å². The molecule has 1 heterocycles. The Morgan fingerprint density at radius 2 is 2.14 bits per heavy atom. The Kier molecular flexibility index (Phi) is 7.41. The van der Waals surface area contributed by atoms with Crippen molar-refractivity contribution in [1.29, 1.82) is 0 Å². The Balaban J connectivity index is 2.58. The van der Waals surface area contributed by atoms with Gasteiger partial charge in [0.1, 0.15) is 5.92 Å². The highest BCUT2D eigenvalue weighted by Crippen LogP contribution is 2.20. The molecule has 1 saturated heterocycles. The third-order valence-electron chi connectivity index (χ3n) is 3.54. The standard InChI is InChI=1S/C13H24N2O6/c1-4-15(11-8-21-7-10(11)12(16)17)13(18)14-5-9(20-3)6-19-2/h9-11H,4-8H2,1-3H3,(H,14,18)(H,16,17). The summed E-state index contributed by atoms with van der Waals surface area (Å²) in [6.45, 7) is 3.25. The van der Waals surface area contributed by atoms with Crippen molar-refractivity contribution in [2.45, 2.75) is 19.1 Å². The van der Waals surface area contributed by atoms with Gasteiger partial charge in [0.2, 0.25) is 0 Å². The third kappa shape index (κ3) is 4.83. The number of carbonyl (C=O) groups is 2. The molecule has 0 radical (unpaired) electrons. The topological polar surface area (TPSA) is 97.3 Å². The first-order valence-electron chi connectivity index (χ1n) is 6.91. The van der Waals surface area contributed by atoms with Gasteiger partial charge in [-0.1, -0.05) is 0 Å². The summed E-state index contributed by atoms with van der Waals surface area (Å²) in [5.74, 6) is -1.63. The predicted octanol–water partition coefficient (Wildman–Crippen LogP) is -0.221. The number of likely N-dealkylation sites (N-methyl/N-ethyl adjacent to an activating group) is 1. The SMILES string of the molecule is CCN(C(=O)NCC(COC)OC)C1COCC1C(=O)O. The van der Waals surface area contributed by atoms with Gasteiger partial charge in [-0.2, -0.15) is 0 Å². The molecule has 2 amide bonds. The lowest BCUT2D eigenvalue weighted by molar-refractivity contribution is -0.142. The fraction of sp³-hybridized carbons (Fsp3) is 0.846. The number of carbonyl (C=O) groups excluding carboxylic acids is 1. The number of methoxy groups -OCH3 is 2. The van der Waals surface area contributed by atoms with Crippen molar-refractivity contribution in [3.8, 4) is 0 Å². The van der Waals surface area contributed by atoms with Gasteiger partial charge in [0.15, 0.2) is 0 Å². The number of nitrogens with one attached hydrogen (secondary N) is 1. The molecular weight excluding hydrogens is 280 g/mol. The van der Waals surface area contributed by atoms with E-state index in [-0.39, 0.29) is 25.3 Å². The quantitative estimate of drug-likeness (QED) is 0.643. The fourth-order valence-electron chi connectivity index (χ4n) is 2.31. The molecule has 8 nitrogen and oxygen atoms in total. The van der Waals surface area contributed by atoms with E-state index < -0.39 is 17.9 Å². The van der Waals surface area contributed by atoms with E-state index in [4.69, 9.17) is 19.3 Å². The molecule has 1 rings (SSSR count). The average molecular weight is 304 g/mol. The van der Waals surface area contributed by atoms with Crippen molar-refractivity contribution < 1.29 is 28.9 Å². The molecule has 1 aliphatic rings. The molecular formula is C13H24N2O6. The summed E-state index contributed by atoms with van der Waals surface area (Å²) in [5, 5.41) is 11.9. The van der Waals surface area contributed by atoms with E-state index in [2.05, 4.69) is 5.32 Å². The lowest BCUT2D eigenvalue weighted by Crippen LogP contribution is -2.52. The highest BCUT2D eigenvalue weighted by molar-refractivity contribution is 5.77. The minimum atomic E-state index is -0.946. The Bertz CT molecular complexity index is 352. The summed E-state index contributed by atoms with van der Waals surface area (Å²) in [6.07, 6.45) is -0.243. The Hall–Kier alpha value is -1.38. The molecule has 0 aromatic carbocycles. The van der Waals surface area contributed by atoms with Gasteiger partial charge in [-0.3, -0.25) is 4.79 Å². The summed E-state index contributed by atoms with van der Waals surface area (Å²) < 4.78 is 15.3. The Labute approximate surface area is 124 Å². The molecule has 0 spiro atoms. The van der Waals surface area contributed by atoms with E-state index in [0.29, 0.717) is 19.7 Å². The number of hydrogen-bond donors (Lipinski definition) is 2. The first-order chi connectivity index (χ1) is 10.0. The van der Waals surface area contributed by atoms with Crippen LogP contribution in [0.1, 0.15) is 6.92 Å². The number of rotatable bonds is 8. The van der Waals surface area contributed by atoms with E-state index in [9.17, 15) is 9.59 Å². The maximum absolute atomic E-state index is 12.2. The van der Waals surface area contributed by atoms with E-state index in [1.807, 2.05) is 0 Å². The maximum atomic E-state index is 12.2. The zero-order valence-corrected chi connectivity index (χ0v) is 12.7. The first-order valence-corrected chi connectivity index (χ1v) is 6.91. The van der Waals surface area contributed by atoms with Crippen LogP contribution in [-0.4, -0.2) is 81.3 Å². The lowest BCUT2D eigenvalue weighted by Gasteiger charge is -2.30. The molecule has 0 bridgehead atoms. The average Bonchev–Trinajstić information content (AvgIpc) is 2.93. The van der Waals surface area contributed by atoms with Crippen molar-refractivity contribution in [3.05, 3.63) is 0 Å². The van der Waals surface area contributed by atoms with Crippen molar-refractivity contribution >= 4 is 12.0 Å². The molecule has 1 aliphatic heterocycles. The molecule has 0 aromatic rings. The van der Waals surface area contributed by atoms with Crippen molar-refractivity contribution in [1.82, 2.24) is 10.2 Å². The van der Waals surface area contributed by atoms with Crippen LogP contribution < -0.4 is 5.32 Å². The van der Waals surface area contributed by atoms with Crippen LogP contribution in [-0.2, 0) is 19.0 Å². The number of aliphatic carboxylic acids is 1. The second kappa shape index (κ2) is 8.81. The first kappa shape index (κ1) is 17.7. The number of carboxylic acids is 1. The van der Waals surface area contributed by atoms with E-state index in [1.165, 1.54) is 4.90 Å². The Morgan fingerprint density at radius 1 is 1.43 bits per heavy atom. The van der Waals surface area contributed by atoms with E-state index in [0.717, 1.165) is 0 Å². The van der Waals surface area contributed by atoms with Crippen LogP contribution in [0.2, 0.25) is 0 Å². The molecule has 21 heavy (non-hydrogen) atoms. The molecule has 8 heteroatoms. The number of hydrogen-bond acceptors (Lipinski definition) is 5. The minimum absolute atomic E-state index is 0.133. The predicted molar refractivity (Wildman–Crippen MR) is 74.2 cm³/mol. The second-order valence-corrected chi connectivity index (χ2v) is 4.83. The van der Waals surface area contributed by atoms with Crippen LogP contribution >= 0.6 is 0 Å². The van der Waals surface area contributed by atoms with Crippen LogP contribution in [0, 0.1) is 5.92 Å². The van der Waals surface area contributed by atoms with Crippen molar-refractivity contribution in [2.24, 2.45) is 5.92 Å². The lowest BCUT2D eigenvalue weighted by atomic mass is 10.0. The smallest absolute Gasteiger partial charge is 0.317 e. The van der Waals surface area contributed by atoms with Crippen LogP contribution in [0.5, 0.6) is 0 Å². The Morgan fingerprint density at radius 3 is 2.67 bits per heavy atom. The zero-order valence-electron chi connectivity index (χ0n) is 12.7. The summed E-state index contributed by atoms with van der Waals surface area (Å²) in [6, 6.07) is -0.770.